The van der Waals surface area contributed by atoms with Crippen molar-refractivity contribution >= 4 is 22.4 Å². The highest BCUT2D eigenvalue weighted by Gasteiger charge is 2.23. The van der Waals surface area contributed by atoms with Crippen LogP contribution in [-0.4, -0.2) is 73.1 Å². The minimum atomic E-state index is 0.630. The molecule has 2 fully saturated rings. The lowest BCUT2D eigenvalue weighted by Crippen LogP contribution is -2.51. The second-order valence-electron chi connectivity index (χ2n) is 7.68. The van der Waals surface area contributed by atoms with Crippen LogP contribution in [0.1, 0.15) is 12.0 Å². The summed E-state index contributed by atoms with van der Waals surface area (Å²) >= 11 is 1.70. The van der Waals surface area contributed by atoms with Crippen molar-refractivity contribution in [1.82, 2.24) is 14.8 Å². The number of nitrogens with zero attached hydrogens (tertiary/aromatic N) is 5. The van der Waals surface area contributed by atoms with E-state index in [0.29, 0.717) is 11.9 Å². The molecule has 1 aromatic carbocycles. The van der Waals surface area contributed by atoms with E-state index < -0.39 is 0 Å². The Hall–Kier alpha value is -2.12. The molecule has 0 bridgehead atoms. The molecule has 6 nitrogen and oxygen atoms in total. The highest BCUT2D eigenvalue weighted by molar-refractivity contribution is 7.13. The standard InChI is InChI=1S/C21H30N6S/c22-20(26-11-13-27(14-12-26)21-23-8-15-28-21)24-16-19-7-10-25(17-19)9-6-18-4-2-1-3-5-18/h1-5,8,15,19H,6-7,9-14,16-17H2,(H2,22,24). The molecule has 28 heavy (non-hydrogen) atoms. The van der Waals surface area contributed by atoms with Crippen LogP contribution in [0.15, 0.2) is 46.9 Å². The highest BCUT2D eigenvalue weighted by atomic mass is 32.1. The predicted molar refractivity (Wildman–Crippen MR) is 117 cm³/mol. The number of likely N-dealkylation sites (tertiary alicyclic amines) is 1. The minimum absolute atomic E-state index is 0.630. The van der Waals surface area contributed by atoms with Crippen LogP contribution in [0.25, 0.3) is 0 Å². The van der Waals surface area contributed by atoms with Crippen molar-refractivity contribution in [2.24, 2.45) is 16.6 Å². The summed E-state index contributed by atoms with van der Waals surface area (Å²) in [7, 11) is 0. The molecule has 0 spiro atoms. The molecular weight excluding hydrogens is 368 g/mol. The highest BCUT2D eigenvalue weighted by Crippen LogP contribution is 2.19. The zero-order valence-corrected chi connectivity index (χ0v) is 17.2. The predicted octanol–water partition coefficient (Wildman–Crippen LogP) is 2.14. The summed E-state index contributed by atoms with van der Waals surface area (Å²) in [5.74, 6) is 1.34. The summed E-state index contributed by atoms with van der Waals surface area (Å²) in [5.41, 5.74) is 7.71. The van der Waals surface area contributed by atoms with Gasteiger partial charge in [0.15, 0.2) is 11.1 Å². The lowest BCUT2D eigenvalue weighted by atomic mass is 10.1. The van der Waals surface area contributed by atoms with Crippen LogP contribution in [0, 0.1) is 5.92 Å². The minimum Gasteiger partial charge on any atom is -0.370 e. The summed E-state index contributed by atoms with van der Waals surface area (Å²) in [6.07, 6.45) is 4.22. The first-order valence-corrected chi connectivity index (χ1v) is 11.1. The average Bonchev–Trinajstić information content (AvgIpc) is 3.44. The van der Waals surface area contributed by atoms with E-state index in [2.05, 4.69) is 50.0 Å². The van der Waals surface area contributed by atoms with Crippen LogP contribution in [0.5, 0.6) is 0 Å². The Balaban J connectivity index is 1.18. The van der Waals surface area contributed by atoms with Gasteiger partial charge in [0, 0.05) is 57.4 Å². The van der Waals surface area contributed by atoms with E-state index in [1.807, 2.05) is 11.6 Å². The maximum absolute atomic E-state index is 6.29. The maximum atomic E-state index is 6.29. The number of anilines is 1. The number of hydrogen-bond acceptors (Lipinski definition) is 5. The fourth-order valence-corrected chi connectivity index (χ4v) is 4.72. The van der Waals surface area contributed by atoms with Crippen molar-refractivity contribution in [2.75, 3.05) is 57.3 Å². The molecule has 0 radical (unpaired) electrons. The largest absolute Gasteiger partial charge is 0.370 e. The zero-order chi connectivity index (χ0) is 19.2. The van der Waals surface area contributed by atoms with Crippen LogP contribution in [0.3, 0.4) is 0 Å². The number of aromatic nitrogens is 1. The van der Waals surface area contributed by atoms with Gasteiger partial charge in [0.2, 0.25) is 0 Å². The van der Waals surface area contributed by atoms with E-state index >= 15 is 0 Å². The lowest BCUT2D eigenvalue weighted by molar-refractivity contribution is 0.329. The summed E-state index contributed by atoms with van der Waals surface area (Å²) in [6.45, 7) is 8.06. The normalized spacial score (nSPS) is 21.4. The fourth-order valence-electron chi connectivity index (χ4n) is 4.02. The van der Waals surface area contributed by atoms with Gasteiger partial charge in [-0.25, -0.2) is 4.98 Å². The molecule has 2 saturated heterocycles. The molecule has 0 saturated carbocycles. The number of rotatable bonds is 6. The molecule has 0 amide bonds. The average molecular weight is 399 g/mol. The number of thiazole rings is 1. The topological polar surface area (TPSA) is 61.0 Å². The van der Waals surface area contributed by atoms with Gasteiger partial charge in [-0.3, -0.25) is 4.99 Å². The SMILES string of the molecule is NC(=NCC1CCN(CCc2ccccc2)C1)N1CCN(c2nccs2)CC1. The van der Waals surface area contributed by atoms with E-state index in [0.717, 1.165) is 57.4 Å². The van der Waals surface area contributed by atoms with Gasteiger partial charge in [-0.15, -0.1) is 11.3 Å². The van der Waals surface area contributed by atoms with Crippen molar-refractivity contribution < 1.29 is 0 Å². The van der Waals surface area contributed by atoms with E-state index in [1.54, 1.807) is 11.3 Å². The molecule has 4 rings (SSSR count). The number of piperazine rings is 1. The first-order valence-electron chi connectivity index (χ1n) is 10.2. The van der Waals surface area contributed by atoms with Crippen molar-refractivity contribution in [3.8, 4) is 0 Å². The Kier molecular flexibility index (Phi) is 6.44. The van der Waals surface area contributed by atoms with E-state index in [1.165, 1.54) is 18.5 Å². The summed E-state index contributed by atoms with van der Waals surface area (Å²) in [6, 6.07) is 10.8. The second kappa shape index (κ2) is 9.39. The third-order valence-corrected chi connectivity index (χ3v) is 6.57. The third kappa shape index (κ3) is 5.02. The van der Waals surface area contributed by atoms with Crippen LogP contribution in [0.4, 0.5) is 5.13 Å². The molecule has 0 aliphatic carbocycles. The molecule has 2 aliphatic heterocycles. The van der Waals surface area contributed by atoms with Gasteiger partial charge in [-0.2, -0.15) is 0 Å². The van der Waals surface area contributed by atoms with Crippen LogP contribution < -0.4 is 10.6 Å². The van der Waals surface area contributed by atoms with Crippen LogP contribution >= 0.6 is 11.3 Å². The van der Waals surface area contributed by atoms with E-state index in [-0.39, 0.29) is 0 Å². The van der Waals surface area contributed by atoms with Crippen molar-refractivity contribution in [3.05, 3.63) is 47.5 Å². The number of nitrogens with two attached hydrogens (primary N) is 1. The molecule has 1 aromatic heterocycles. The Morgan fingerprint density at radius 1 is 1.14 bits per heavy atom. The van der Waals surface area contributed by atoms with Gasteiger partial charge < -0.3 is 20.4 Å². The van der Waals surface area contributed by atoms with E-state index in [9.17, 15) is 0 Å². The molecule has 150 valence electrons. The number of aliphatic imine (C=N–C) groups is 1. The monoisotopic (exact) mass is 398 g/mol. The molecule has 3 heterocycles. The fraction of sp³-hybridized carbons (Fsp3) is 0.524. The van der Waals surface area contributed by atoms with Gasteiger partial charge in [-0.05, 0) is 30.9 Å². The number of guanidine groups is 1. The first-order chi connectivity index (χ1) is 13.8. The lowest BCUT2D eigenvalue weighted by Gasteiger charge is -2.35. The molecule has 2 N–H and O–H groups in total. The number of hydrogen-bond donors (Lipinski definition) is 1. The molecule has 1 atom stereocenters. The second-order valence-corrected chi connectivity index (χ2v) is 8.55. The zero-order valence-electron chi connectivity index (χ0n) is 16.4. The van der Waals surface area contributed by atoms with Gasteiger partial charge >= 0.3 is 0 Å². The van der Waals surface area contributed by atoms with Crippen molar-refractivity contribution in [2.45, 2.75) is 12.8 Å². The van der Waals surface area contributed by atoms with E-state index in [4.69, 9.17) is 10.7 Å². The summed E-state index contributed by atoms with van der Waals surface area (Å²) in [5, 5.41) is 3.14. The summed E-state index contributed by atoms with van der Waals surface area (Å²) in [4.78, 5) is 16.2. The summed E-state index contributed by atoms with van der Waals surface area (Å²) < 4.78 is 0. The maximum Gasteiger partial charge on any atom is 0.191 e. The van der Waals surface area contributed by atoms with Gasteiger partial charge in [0.05, 0.1) is 0 Å². The van der Waals surface area contributed by atoms with Crippen molar-refractivity contribution in [3.63, 3.8) is 0 Å². The van der Waals surface area contributed by atoms with Gasteiger partial charge in [-0.1, -0.05) is 30.3 Å². The number of benzene rings is 1. The van der Waals surface area contributed by atoms with Crippen LogP contribution in [0.2, 0.25) is 0 Å². The Labute approximate surface area is 171 Å². The molecule has 2 aliphatic rings. The van der Waals surface area contributed by atoms with Crippen LogP contribution in [-0.2, 0) is 6.42 Å². The van der Waals surface area contributed by atoms with Gasteiger partial charge in [0.25, 0.3) is 0 Å². The molecular formula is C21H30N6S. The quantitative estimate of drug-likeness (QED) is 0.597. The Morgan fingerprint density at radius 2 is 1.96 bits per heavy atom. The molecule has 7 heteroatoms. The third-order valence-electron chi connectivity index (χ3n) is 5.73. The Morgan fingerprint density at radius 3 is 2.71 bits per heavy atom. The Bertz CT molecular complexity index is 740. The molecule has 1 unspecified atom stereocenters. The smallest absolute Gasteiger partial charge is 0.191 e. The molecule has 2 aromatic rings. The first kappa shape index (κ1) is 19.2. The van der Waals surface area contributed by atoms with Crippen molar-refractivity contribution in [1.29, 1.82) is 0 Å². The van der Waals surface area contributed by atoms with Gasteiger partial charge in [0.1, 0.15) is 0 Å².